The maximum Gasteiger partial charge on any atom is 0.191 e. The number of aromatic nitrogens is 2. The summed E-state index contributed by atoms with van der Waals surface area (Å²) in [7, 11) is 0. The highest BCUT2D eigenvalue weighted by molar-refractivity contribution is 5.84. The van der Waals surface area contributed by atoms with Crippen LogP contribution < -0.4 is 20.5 Å². The average Bonchev–Trinajstić information content (AvgIpc) is 4.00. The van der Waals surface area contributed by atoms with Crippen LogP contribution in [0.25, 0.3) is 17.0 Å². The van der Waals surface area contributed by atoms with E-state index in [-0.39, 0.29) is 42.2 Å². The lowest BCUT2D eigenvalue weighted by molar-refractivity contribution is -0.129. The van der Waals surface area contributed by atoms with Gasteiger partial charge in [0.2, 0.25) is 0 Å². The number of ether oxygens (including phenoxy) is 2. The minimum atomic E-state index is -1.10. The number of unbranched alkanes of at least 4 members (excludes halogenated alkanes) is 2. The number of rotatable bonds is 10. The molecule has 1 spiro atoms. The van der Waals surface area contributed by atoms with E-state index in [9.17, 15) is 25.2 Å². The third kappa shape index (κ3) is 7.93. The first-order valence-corrected chi connectivity index (χ1v) is 22.5. The molecule has 1 fully saturated rings. The average molecular weight is 839 g/mol. The first-order chi connectivity index (χ1) is 30.0. The Hall–Kier alpha value is -5.43. The number of aliphatic hydroxyl groups excluding tert-OH is 3. The number of carbonyl (C=O) groups is 1. The van der Waals surface area contributed by atoms with Crippen molar-refractivity contribution in [2.24, 2.45) is 34.8 Å². The number of ketones is 1. The third-order valence-corrected chi connectivity index (χ3v) is 14.1. The number of nitrogens with zero attached hydrogens (tertiary/aromatic N) is 1. The number of fused-ring (bicyclic) bond motifs is 8. The van der Waals surface area contributed by atoms with Crippen molar-refractivity contribution in [1.82, 2.24) is 14.9 Å². The zero-order valence-corrected chi connectivity index (χ0v) is 35.6. The Labute approximate surface area is 363 Å². The topological polar surface area (TPSA) is 175 Å². The Balaban J connectivity index is 1.07. The molecule has 9 unspecified atom stereocenters. The fourth-order valence-corrected chi connectivity index (χ4v) is 10.6. The molecule has 8 N–H and O–H groups in total. The van der Waals surface area contributed by atoms with E-state index in [1.54, 1.807) is 6.07 Å². The Morgan fingerprint density at radius 2 is 1.90 bits per heavy atom. The number of aryl methyl sites for hydroxylation is 1. The second-order valence-corrected chi connectivity index (χ2v) is 18.2. The van der Waals surface area contributed by atoms with Gasteiger partial charge < -0.3 is 50.5 Å². The first-order valence-electron chi connectivity index (χ1n) is 22.5. The summed E-state index contributed by atoms with van der Waals surface area (Å²) < 4.78 is 15.3. The van der Waals surface area contributed by atoms with Crippen molar-refractivity contribution in [1.29, 1.82) is 0 Å². The minimum Gasteiger partial charge on any atom is -0.508 e. The number of Topliss-reactive ketones (excluding diaryl/α,β-unsaturated/α-hetero) is 1. The molecule has 0 amide bonds. The number of H-pyrrole nitrogens is 1. The van der Waals surface area contributed by atoms with Crippen molar-refractivity contribution < 1.29 is 34.7 Å². The maximum absolute atomic E-state index is 14.1. The van der Waals surface area contributed by atoms with Crippen molar-refractivity contribution in [3.05, 3.63) is 94.6 Å². The summed E-state index contributed by atoms with van der Waals surface area (Å²) in [5.74, 6) is 9.23. The van der Waals surface area contributed by atoms with Crippen LogP contribution in [0.4, 0.5) is 0 Å². The third-order valence-electron chi connectivity index (χ3n) is 14.1. The smallest absolute Gasteiger partial charge is 0.191 e. The Kier molecular flexibility index (Phi) is 11.7. The number of benzene rings is 2. The molecular weight excluding hydrogens is 781 g/mol. The van der Waals surface area contributed by atoms with Crippen molar-refractivity contribution in [2.45, 2.75) is 122 Å². The zero-order valence-electron chi connectivity index (χ0n) is 35.6. The van der Waals surface area contributed by atoms with Crippen molar-refractivity contribution in [2.75, 3.05) is 0 Å². The second kappa shape index (κ2) is 17.4. The van der Waals surface area contributed by atoms with Gasteiger partial charge in [-0.05, 0) is 89.7 Å². The van der Waals surface area contributed by atoms with Gasteiger partial charge in [-0.2, -0.15) is 0 Å². The van der Waals surface area contributed by atoms with E-state index in [0.717, 1.165) is 83.7 Å². The second-order valence-electron chi connectivity index (χ2n) is 18.2. The summed E-state index contributed by atoms with van der Waals surface area (Å²) in [6.45, 7) is 4.13. The lowest BCUT2D eigenvalue weighted by Crippen LogP contribution is -2.41. The van der Waals surface area contributed by atoms with E-state index in [2.05, 4.69) is 47.3 Å². The maximum atomic E-state index is 14.1. The SMILES string of the molecule is CCCCCC(C(=O)CCc1cc2c(cc1O)OC#CC1(CCCC1)C1C#CC(O)c3ccc4c(c3Cc3c[nH]c5cn(cc35)C1O2)C=CNC4N)C(O)C1C=CC(C)CC1O. The number of phenols is 1. The van der Waals surface area contributed by atoms with Gasteiger partial charge in [-0.1, -0.05) is 88.0 Å². The number of nitrogens with one attached hydrogen (secondary N) is 2. The van der Waals surface area contributed by atoms with Gasteiger partial charge in [-0.3, -0.25) is 4.79 Å². The molecule has 1 saturated carbocycles. The van der Waals surface area contributed by atoms with Crippen LogP contribution in [0.2, 0.25) is 0 Å². The number of aromatic amines is 1. The summed E-state index contributed by atoms with van der Waals surface area (Å²) in [5, 5.41) is 50.1. The molecule has 9 atom stereocenters. The number of allylic oxidation sites excluding steroid dienone is 1. The monoisotopic (exact) mass is 838 g/mol. The van der Waals surface area contributed by atoms with E-state index in [1.165, 1.54) is 6.07 Å². The minimum absolute atomic E-state index is 0.0519. The molecule has 5 heterocycles. The van der Waals surface area contributed by atoms with Gasteiger partial charge in [-0.15, -0.1) is 0 Å². The highest BCUT2D eigenvalue weighted by atomic mass is 16.5. The number of hydrogen-bond acceptors (Lipinski definition) is 9. The molecule has 2 bridgehead atoms. The molecule has 324 valence electrons. The normalized spacial score (nSPS) is 26.5. The number of aliphatic hydroxyl groups is 3. The summed E-state index contributed by atoms with van der Waals surface area (Å²) in [5.41, 5.74) is 11.9. The number of carbonyl (C=O) groups excluding carboxylic acids is 1. The molecule has 4 aromatic rings. The van der Waals surface area contributed by atoms with Crippen LogP contribution in [0.3, 0.4) is 0 Å². The number of phenolic OH excluding ortho intramolecular Hbond substituents is 1. The van der Waals surface area contributed by atoms with Crippen LogP contribution in [0, 0.1) is 53.0 Å². The number of aromatic hydroxyl groups is 1. The fourth-order valence-electron chi connectivity index (χ4n) is 10.6. The number of nitrogens with two attached hydrogens (primary N) is 1. The van der Waals surface area contributed by atoms with Crippen LogP contribution in [0.5, 0.6) is 17.2 Å². The van der Waals surface area contributed by atoms with Crippen LogP contribution in [0.1, 0.15) is 130 Å². The van der Waals surface area contributed by atoms with E-state index in [0.29, 0.717) is 30.6 Å². The van der Waals surface area contributed by atoms with Gasteiger partial charge in [0.05, 0.1) is 29.1 Å². The van der Waals surface area contributed by atoms with Gasteiger partial charge in [-0.25, -0.2) is 0 Å². The first kappa shape index (κ1) is 41.9. The molecular formula is C51H58N4O7. The predicted molar refractivity (Wildman–Crippen MR) is 237 cm³/mol. The van der Waals surface area contributed by atoms with Gasteiger partial charge in [0.15, 0.2) is 17.7 Å². The molecule has 2 aromatic carbocycles. The largest absolute Gasteiger partial charge is 0.508 e. The zero-order chi connectivity index (χ0) is 43.1. The molecule has 2 aliphatic carbocycles. The standard InChI is InChI=1S/C51H58N4O7/c1-3-4-5-8-36(48(60)37-11-9-30(2)23-45(37)59)43(57)15-10-31-25-47-46(26-44(31)58)61-22-20-51(18-6-7-19-51)40-14-16-42(56)34-12-13-35-33(17-21-53-49(35)52)38(34)24-32-27-54-41-29-55(28-39(32)41)50(40)62-47/h9,11-13,17,21,25-30,36-37,40,42,45,48-50,53-54,56,58-60H,3-8,10,15,18-19,23-24,52H2,1-2H3. The van der Waals surface area contributed by atoms with Crippen molar-refractivity contribution in [3.63, 3.8) is 0 Å². The molecule has 62 heavy (non-hydrogen) atoms. The summed E-state index contributed by atoms with van der Waals surface area (Å²) in [4.78, 5) is 17.5. The van der Waals surface area contributed by atoms with Crippen LogP contribution in [0.15, 0.2) is 61.2 Å². The summed E-state index contributed by atoms with van der Waals surface area (Å²) in [6, 6.07) is 7.13. The summed E-state index contributed by atoms with van der Waals surface area (Å²) in [6.07, 6.45) is 20.9. The molecule has 9 rings (SSSR count). The van der Waals surface area contributed by atoms with Crippen molar-refractivity contribution >= 4 is 22.8 Å². The van der Waals surface area contributed by atoms with E-state index in [4.69, 9.17) is 15.2 Å². The molecule has 11 heteroatoms. The molecule has 5 aliphatic rings. The Bertz CT molecular complexity index is 2520. The quantitative estimate of drug-likeness (QED) is 0.0482. The fraction of sp³-hybridized carbons (Fsp3) is 0.471. The Morgan fingerprint density at radius 3 is 2.71 bits per heavy atom. The summed E-state index contributed by atoms with van der Waals surface area (Å²) >= 11 is 0. The van der Waals surface area contributed by atoms with Crippen LogP contribution in [-0.4, -0.2) is 48.0 Å². The Morgan fingerprint density at radius 1 is 1.08 bits per heavy atom. The van der Waals surface area contributed by atoms with Gasteiger partial charge in [0, 0.05) is 54.7 Å². The van der Waals surface area contributed by atoms with Gasteiger partial charge in [0.25, 0.3) is 0 Å². The lowest BCUT2D eigenvalue weighted by Gasteiger charge is -2.35. The van der Waals surface area contributed by atoms with Crippen LogP contribution >= 0.6 is 0 Å². The van der Waals surface area contributed by atoms with Crippen molar-refractivity contribution in [3.8, 4) is 41.1 Å². The molecule has 2 aromatic heterocycles. The van der Waals surface area contributed by atoms with E-state index < -0.39 is 47.7 Å². The van der Waals surface area contributed by atoms with Gasteiger partial charge >= 0.3 is 0 Å². The highest BCUT2D eigenvalue weighted by Gasteiger charge is 2.47. The van der Waals surface area contributed by atoms with E-state index in [1.807, 2.05) is 60.4 Å². The highest BCUT2D eigenvalue weighted by Crippen LogP contribution is 2.51. The number of hydrogen-bond donors (Lipinski definition) is 7. The van der Waals surface area contributed by atoms with Crippen LogP contribution in [-0.2, 0) is 17.6 Å². The van der Waals surface area contributed by atoms with E-state index >= 15 is 0 Å². The lowest BCUT2D eigenvalue weighted by atomic mass is 9.73. The molecule has 0 radical (unpaired) electrons. The molecule has 0 saturated heterocycles. The molecule has 11 nitrogen and oxygen atoms in total. The molecule has 3 aliphatic heterocycles. The predicted octanol–water partition coefficient (Wildman–Crippen LogP) is 7.59. The van der Waals surface area contributed by atoms with Gasteiger partial charge in [0.1, 0.15) is 29.9 Å².